The maximum atomic E-state index is 12.5. The average Bonchev–Trinajstić information content (AvgIpc) is 3.25. The zero-order valence-electron chi connectivity index (χ0n) is 17.2. The third kappa shape index (κ3) is 6.04. The molecule has 33 heavy (non-hydrogen) atoms. The normalized spacial score (nSPS) is 15.8. The number of aromatic nitrogens is 1. The van der Waals surface area contributed by atoms with Crippen LogP contribution in [0.5, 0.6) is 0 Å². The summed E-state index contributed by atoms with van der Waals surface area (Å²) in [6.45, 7) is 1.36. The minimum absolute atomic E-state index is 0.0814. The van der Waals surface area contributed by atoms with Gasteiger partial charge in [0.25, 0.3) is 5.91 Å². The van der Waals surface area contributed by atoms with E-state index in [-0.39, 0.29) is 27.2 Å². The molecule has 12 heteroatoms. The molecule has 0 unspecified atom stereocenters. The third-order valence-electron chi connectivity index (χ3n) is 4.64. The molecule has 3 rings (SSSR count). The summed E-state index contributed by atoms with van der Waals surface area (Å²) in [6, 6.07) is 5.50. The van der Waals surface area contributed by atoms with Crippen LogP contribution in [0.1, 0.15) is 22.8 Å². The zero-order valence-corrected chi connectivity index (χ0v) is 19.5. The highest BCUT2D eigenvalue weighted by molar-refractivity contribution is 7.99. The molecule has 9 nitrogen and oxygen atoms in total. The summed E-state index contributed by atoms with van der Waals surface area (Å²) in [6.07, 6.45) is 3.89. The summed E-state index contributed by atoms with van der Waals surface area (Å²) in [7, 11) is 0. The second-order valence-corrected chi connectivity index (χ2v) is 8.73. The number of carboxylic acids is 1. The highest BCUT2D eigenvalue weighted by atomic mass is 35.5. The van der Waals surface area contributed by atoms with E-state index in [4.69, 9.17) is 23.2 Å². The first-order chi connectivity index (χ1) is 15.7. The molecule has 0 bridgehead atoms. The topological polar surface area (TPSA) is 129 Å². The molecule has 1 aromatic heterocycles. The van der Waals surface area contributed by atoms with Gasteiger partial charge in [0.05, 0.1) is 21.5 Å². The van der Waals surface area contributed by atoms with Gasteiger partial charge in [-0.05, 0) is 23.8 Å². The Bertz CT molecular complexity index is 1120. The first kappa shape index (κ1) is 24.6. The number of carboxylic acid groups (broad SMARTS) is 1. The van der Waals surface area contributed by atoms with Crippen LogP contribution >= 0.6 is 35.0 Å². The van der Waals surface area contributed by atoms with E-state index in [1.807, 2.05) is 0 Å². The van der Waals surface area contributed by atoms with Crippen molar-refractivity contribution in [2.24, 2.45) is 0 Å². The number of benzene rings is 1. The number of hydrogen-bond donors (Lipinski definition) is 3. The van der Waals surface area contributed by atoms with E-state index in [1.165, 1.54) is 42.1 Å². The van der Waals surface area contributed by atoms with Crippen LogP contribution in [0.15, 0.2) is 42.4 Å². The van der Waals surface area contributed by atoms with Crippen molar-refractivity contribution in [3.05, 3.63) is 63.5 Å². The Morgan fingerprint density at radius 1 is 1.15 bits per heavy atom. The van der Waals surface area contributed by atoms with Gasteiger partial charge in [-0.15, -0.1) is 11.8 Å². The largest absolute Gasteiger partial charge is 0.477 e. The van der Waals surface area contributed by atoms with Gasteiger partial charge in [-0.25, -0.2) is 4.79 Å². The number of rotatable bonds is 6. The van der Waals surface area contributed by atoms with Gasteiger partial charge in [0.1, 0.15) is 11.7 Å². The zero-order chi connectivity index (χ0) is 24.1. The lowest BCUT2D eigenvalue weighted by atomic mass is 10.1. The van der Waals surface area contributed by atoms with Gasteiger partial charge < -0.3 is 20.6 Å². The number of carbonyl (C=O) groups excluding carboxylic acids is 3. The Labute approximate surface area is 203 Å². The van der Waals surface area contributed by atoms with Crippen LogP contribution < -0.4 is 10.6 Å². The Morgan fingerprint density at radius 2 is 1.79 bits per heavy atom. The fourth-order valence-corrected chi connectivity index (χ4v) is 4.74. The number of thioether (sulfide) groups is 1. The predicted octanol–water partition coefficient (Wildman–Crippen LogP) is 3.10. The van der Waals surface area contributed by atoms with E-state index in [9.17, 15) is 24.3 Å². The number of aliphatic carboxylic acids is 1. The molecule has 2 heterocycles. The minimum atomic E-state index is -1.33. The number of anilines is 1. The van der Waals surface area contributed by atoms with Gasteiger partial charge >= 0.3 is 5.97 Å². The SMILES string of the molecule is CC(=O)N1CSC[C@@H]1C(=O)N/C(=C\c1ccc(NC(=O)c2c(Cl)cncc2Cl)cc1)C(=O)O. The molecule has 0 aliphatic carbocycles. The molecule has 0 saturated carbocycles. The summed E-state index contributed by atoms with van der Waals surface area (Å²) >= 11 is 13.4. The van der Waals surface area contributed by atoms with Crippen molar-refractivity contribution >= 4 is 70.4 Å². The first-order valence-electron chi connectivity index (χ1n) is 9.48. The quantitative estimate of drug-likeness (QED) is 0.511. The molecule has 2 aromatic rings. The van der Waals surface area contributed by atoms with Crippen molar-refractivity contribution in [2.45, 2.75) is 13.0 Å². The van der Waals surface area contributed by atoms with Crippen LogP contribution in [0, 0.1) is 0 Å². The van der Waals surface area contributed by atoms with Crippen molar-refractivity contribution in [1.29, 1.82) is 0 Å². The van der Waals surface area contributed by atoms with Crippen LogP contribution in [-0.4, -0.2) is 56.4 Å². The molecule has 3 amide bonds. The van der Waals surface area contributed by atoms with Crippen LogP contribution in [0.3, 0.4) is 0 Å². The van der Waals surface area contributed by atoms with Crippen LogP contribution in [-0.2, 0) is 14.4 Å². The second kappa shape index (κ2) is 10.7. The minimum Gasteiger partial charge on any atom is -0.477 e. The number of amides is 3. The second-order valence-electron chi connectivity index (χ2n) is 6.91. The van der Waals surface area contributed by atoms with Gasteiger partial charge in [0, 0.05) is 30.8 Å². The van der Waals surface area contributed by atoms with Gasteiger partial charge in [0.2, 0.25) is 11.8 Å². The van der Waals surface area contributed by atoms with Crippen LogP contribution in [0.2, 0.25) is 10.0 Å². The van der Waals surface area contributed by atoms with E-state index in [0.717, 1.165) is 0 Å². The van der Waals surface area contributed by atoms with E-state index in [1.54, 1.807) is 24.3 Å². The number of nitrogens with zero attached hydrogens (tertiary/aromatic N) is 2. The Balaban J connectivity index is 1.72. The van der Waals surface area contributed by atoms with Crippen LogP contribution in [0.4, 0.5) is 5.69 Å². The van der Waals surface area contributed by atoms with Crippen molar-refractivity contribution < 1.29 is 24.3 Å². The van der Waals surface area contributed by atoms with Gasteiger partial charge in [-0.2, -0.15) is 0 Å². The molecule has 172 valence electrons. The summed E-state index contributed by atoms with van der Waals surface area (Å²) in [4.78, 5) is 53.5. The third-order valence-corrected chi connectivity index (χ3v) is 6.22. The van der Waals surface area contributed by atoms with Gasteiger partial charge in [-0.1, -0.05) is 35.3 Å². The fourth-order valence-electron chi connectivity index (χ4n) is 2.99. The fraction of sp³-hybridized carbons (Fsp3) is 0.190. The summed E-state index contributed by atoms with van der Waals surface area (Å²) in [5.74, 6) is -1.92. The number of nitrogens with one attached hydrogen (secondary N) is 2. The van der Waals surface area contributed by atoms with Gasteiger partial charge in [-0.3, -0.25) is 19.4 Å². The molecule has 0 spiro atoms. The van der Waals surface area contributed by atoms with E-state index in [0.29, 0.717) is 22.9 Å². The summed E-state index contributed by atoms with van der Waals surface area (Å²) in [5.41, 5.74) is 0.627. The maximum Gasteiger partial charge on any atom is 0.352 e. The molecule has 1 aromatic carbocycles. The van der Waals surface area contributed by atoms with E-state index in [2.05, 4.69) is 15.6 Å². The van der Waals surface area contributed by atoms with Crippen molar-refractivity contribution in [3.8, 4) is 0 Å². The Hall–Kier alpha value is -3.08. The van der Waals surface area contributed by atoms with Gasteiger partial charge in [0.15, 0.2) is 0 Å². The van der Waals surface area contributed by atoms with Crippen molar-refractivity contribution in [2.75, 3.05) is 16.9 Å². The highest BCUT2D eigenvalue weighted by Crippen LogP contribution is 2.24. The molecular weight excluding hydrogens is 491 g/mol. The molecular formula is C21H18Cl2N4O5S. The summed E-state index contributed by atoms with van der Waals surface area (Å²) < 4.78 is 0. The molecule has 1 aliphatic rings. The number of pyridine rings is 1. The van der Waals surface area contributed by atoms with Crippen molar-refractivity contribution in [3.63, 3.8) is 0 Å². The maximum absolute atomic E-state index is 12.5. The van der Waals surface area contributed by atoms with Crippen LogP contribution in [0.25, 0.3) is 6.08 Å². The van der Waals surface area contributed by atoms with Crippen molar-refractivity contribution in [1.82, 2.24) is 15.2 Å². The van der Waals surface area contributed by atoms with E-state index >= 15 is 0 Å². The number of carbonyl (C=O) groups is 4. The number of halogens is 2. The lowest BCUT2D eigenvalue weighted by Crippen LogP contribution is -2.46. The monoisotopic (exact) mass is 508 g/mol. The first-order valence-corrected chi connectivity index (χ1v) is 11.4. The molecule has 1 atom stereocenters. The smallest absolute Gasteiger partial charge is 0.352 e. The summed E-state index contributed by atoms with van der Waals surface area (Å²) in [5, 5.41) is 14.7. The molecule has 1 aliphatic heterocycles. The number of hydrogen-bond acceptors (Lipinski definition) is 6. The predicted molar refractivity (Wildman–Crippen MR) is 126 cm³/mol. The highest BCUT2D eigenvalue weighted by Gasteiger charge is 2.33. The van der Waals surface area contributed by atoms with E-state index < -0.39 is 23.8 Å². The standard InChI is InChI=1S/C21H18Cl2N4O5S/c1-11(28)27-10-33-9-17(27)19(29)26-16(21(31)32)6-12-2-4-13(5-3-12)25-20(30)18-14(22)7-24-8-15(18)23/h2-8,17H,9-10H2,1H3,(H,25,30)(H,26,29)(H,31,32)/b16-6-/t17-/m1/s1. The Morgan fingerprint density at radius 3 is 2.36 bits per heavy atom. The molecule has 1 fully saturated rings. The lowest BCUT2D eigenvalue weighted by Gasteiger charge is -2.21. The Kier molecular flexibility index (Phi) is 7.96. The lowest BCUT2D eigenvalue weighted by molar-refractivity contribution is -0.137. The molecule has 3 N–H and O–H groups in total. The average molecular weight is 509 g/mol. The molecule has 0 radical (unpaired) electrons. The molecule has 1 saturated heterocycles.